The van der Waals surface area contributed by atoms with Crippen molar-refractivity contribution in [3.8, 4) is 0 Å². The van der Waals surface area contributed by atoms with Crippen LogP contribution in [-0.4, -0.2) is 20.5 Å². The van der Waals surface area contributed by atoms with Crippen molar-refractivity contribution < 1.29 is 4.79 Å². The van der Waals surface area contributed by atoms with Gasteiger partial charge in [0.25, 0.3) is 0 Å². The van der Waals surface area contributed by atoms with Crippen LogP contribution in [0, 0.1) is 0 Å². The number of nitrogens with zero attached hydrogens (tertiary/aromatic N) is 3. The first-order chi connectivity index (χ1) is 9.63. The SMILES string of the molecule is CC(C)n1cc(CC(=O)c2nc3ccccc3s2)cn1. The molecule has 102 valence electrons. The van der Waals surface area contributed by atoms with Crippen molar-refractivity contribution in [3.05, 3.63) is 47.2 Å². The highest BCUT2D eigenvalue weighted by Gasteiger charge is 2.14. The predicted octanol–water partition coefficient (Wildman–Crippen LogP) is 3.50. The third-order valence-electron chi connectivity index (χ3n) is 3.08. The van der Waals surface area contributed by atoms with Gasteiger partial charge in [0, 0.05) is 18.7 Å². The van der Waals surface area contributed by atoms with E-state index in [1.165, 1.54) is 11.3 Å². The maximum Gasteiger partial charge on any atom is 0.195 e. The molecule has 0 aliphatic carbocycles. The molecule has 0 radical (unpaired) electrons. The van der Waals surface area contributed by atoms with Crippen molar-refractivity contribution in [2.75, 3.05) is 0 Å². The summed E-state index contributed by atoms with van der Waals surface area (Å²) in [5.74, 6) is 0.0505. The number of rotatable bonds is 4. The smallest absolute Gasteiger partial charge is 0.195 e. The number of carbonyl (C=O) groups excluding carboxylic acids is 1. The summed E-state index contributed by atoms with van der Waals surface area (Å²) in [6.07, 6.45) is 4.04. The Morgan fingerprint density at radius 2 is 2.15 bits per heavy atom. The summed E-state index contributed by atoms with van der Waals surface area (Å²) in [7, 11) is 0. The summed E-state index contributed by atoms with van der Waals surface area (Å²) in [5.41, 5.74) is 1.82. The largest absolute Gasteiger partial charge is 0.291 e. The molecule has 3 aromatic rings. The van der Waals surface area contributed by atoms with Crippen LogP contribution in [0.4, 0.5) is 0 Å². The van der Waals surface area contributed by atoms with E-state index in [4.69, 9.17) is 0 Å². The van der Waals surface area contributed by atoms with Gasteiger partial charge in [0.2, 0.25) is 0 Å². The van der Waals surface area contributed by atoms with Crippen LogP contribution in [0.25, 0.3) is 10.2 Å². The third kappa shape index (κ3) is 2.49. The number of aromatic nitrogens is 3. The maximum atomic E-state index is 12.3. The van der Waals surface area contributed by atoms with Crippen molar-refractivity contribution >= 4 is 27.3 Å². The highest BCUT2D eigenvalue weighted by Crippen LogP contribution is 2.22. The second kappa shape index (κ2) is 5.17. The average Bonchev–Trinajstić information content (AvgIpc) is 3.04. The molecule has 5 heteroatoms. The molecule has 0 saturated carbocycles. The summed E-state index contributed by atoms with van der Waals surface area (Å²) < 4.78 is 2.91. The quantitative estimate of drug-likeness (QED) is 0.689. The van der Waals surface area contributed by atoms with Crippen LogP contribution < -0.4 is 0 Å². The number of fused-ring (bicyclic) bond motifs is 1. The van der Waals surface area contributed by atoms with E-state index in [2.05, 4.69) is 23.9 Å². The Balaban J connectivity index is 1.81. The Kier molecular flexibility index (Phi) is 3.36. The molecular formula is C15H15N3OS. The van der Waals surface area contributed by atoms with E-state index < -0.39 is 0 Å². The normalized spacial score (nSPS) is 11.3. The van der Waals surface area contributed by atoms with Crippen LogP contribution in [0.3, 0.4) is 0 Å². The molecule has 0 bridgehead atoms. The third-order valence-corrected chi connectivity index (χ3v) is 4.16. The lowest BCUT2D eigenvalue weighted by Crippen LogP contribution is -2.03. The van der Waals surface area contributed by atoms with Crippen LogP contribution in [0.1, 0.15) is 35.3 Å². The van der Waals surface area contributed by atoms with E-state index in [0.717, 1.165) is 15.8 Å². The van der Waals surface area contributed by atoms with Crippen molar-refractivity contribution in [2.45, 2.75) is 26.3 Å². The lowest BCUT2D eigenvalue weighted by atomic mass is 10.2. The zero-order chi connectivity index (χ0) is 14.1. The number of carbonyl (C=O) groups is 1. The highest BCUT2D eigenvalue weighted by atomic mass is 32.1. The zero-order valence-corrected chi connectivity index (χ0v) is 12.2. The fraction of sp³-hybridized carbons (Fsp3) is 0.267. The van der Waals surface area contributed by atoms with Crippen molar-refractivity contribution in [1.82, 2.24) is 14.8 Å². The van der Waals surface area contributed by atoms with Gasteiger partial charge in [-0.05, 0) is 31.5 Å². The highest BCUT2D eigenvalue weighted by molar-refractivity contribution is 7.20. The van der Waals surface area contributed by atoms with Gasteiger partial charge in [-0.15, -0.1) is 11.3 Å². The molecule has 3 rings (SSSR count). The van der Waals surface area contributed by atoms with Gasteiger partial charge < -0.3 is 0 Å². The first-order valence-electron chi connectivity index (χ1n) is 6.55. The van der Waals surface area contributed by atoms with Crippen LogP contribution in [0.15, 0.2) is 36.7 Å². The molecule has 1 aromatic carbocycles. The van der Waals surface area contributed by atoms with Crippen molar-refractivity contribution in [2.24, 2.45) is 0 Å². The Hall–Kier alpha value is -2.01. The molecule has 0 unspecified atom stereocenters. The minimum absolute atomic E-state index is 0.0505. The number of Topliss-reactive ketones (excluding diaryl/α,β-unsaturated/α-hetero) is 1. The average molecular weight is 285 g/mol. The molecule has 2 aromatic heterocycles. The molecule has 4 nitrogen and oxygen atoms in total. The van der Waals surface area contributed by atoms with Gasteiger partial charge in [-0.3, -0.25) is 9.48 Å². The fourth-order valence-electron chi connectivity index (χ4n) is 2.00. The van der Waals surface area contributed by atoms with Crippen molar-refractivity contribution in [3.63, 3.8) is 0 Å². The number of hydrogen-bond acceptors (Lipinski definition) is 4. The van der Waals surface area contributed by atoms with Crippen LogP contribution in [-0.2, 0) is 6.42 Å². The molecule has 20 heavy (non-hydrogen) atoms. The Labute approximate surface area is 121 Å². The summed E-state index contributed by atoms with van der Waals surface area (Å²) in [4.78, 5) is 16.7. The number of hydrogen-bond donors (Lipinski definition) is 0. The van der Waals surface area contributed by atoms with Gasteiger partial charge in [0.05, 0.1) is 16.4 Å². The molecule has 0 spiro atoms. The van der Waals surface area contributed by atoms with Crippen LogP contribution in [0.5, 0.6) is 0 Å². The van der Waals surface area contributed by atoms with E-state index >= 15 is 0 Å². The lowest BCUT2D eigenvalue weighted by molar-refractivity contribution is 0.0993. The summed E-state index contributed by atoms with van der Waals surface area (Å²) in [6, 6.07) is 8.12. The van der Waals surface area contributed by atoms with Crippen LogP contribution in [0.2, 0.25) is 0 Å². The number of benzene rings is 1. The van der Waals surface area contributed by atoms with Crippen molar-refractivity contribution in [1.29, 1.82) is 0 Å². The summed E-state index contributed by atoms with van der Waals surface area (Å²) in [6.45, 7) is 4.12. The number of thiazole rings is 1. The summed E-state index contributed by atoms with van der Waals surface area (Å²) >= 11 is 1.45. The molecule has 0 atom stereocenters. The molecule has 2 heterocycles. The molecule has 0 saturated heterocycles. The van der Waals surface area contributed by atoms with Gasteiger partial charge in [0.15, 0.2) is 10.8 Å². The lowest BCUT2D eigenvalue weighted by Gasteiger charge is -2.02. The molecule has 0 N–H and O–H groups in total. The van der Waals surface area contributed by atoms with Gasteiger partial charge >= 0.3 is 0 Å². The van der Waals surface area contributed by atoms with E-state index in [9.17, 15) is 4.79 Å². The second-order valence-corrected chi connectivity index (χ2v) is 6.04. The first-order valence-corrected chi connectivity index (χ1v) is 7.37. The Bertz CT molecular complexity index is 724. The Morgan fingerprint density at radius 1 is 1.35 bits per heavy atom. The molecule has 0 amide bonds. The van der Waals surface area contributed by atoms with Crippen LogP contribution >= 0.6 is 11.3 Å². The monoisotopic (exact) mass is 285 g/mol. The zero-order valence-electron chi connectivity index (χ0n) is 11.4. The molecular weight excluding hydrogens is 270 g/mol. The second-order valence-electron chi connectivity index (χ2n) is 5.01. The topological polar surface area (TPSA) is 47.8 Å². The van der Waals surface area contributed by atoms with E-state index in [1.807, 2.05) is 35.1 Å². The minimum Gasteiger partial charge on any atom is -0.291 e. The maximum absolute atomic E-state index is 12.3. The minimum atomic E-state index is 0.0505. The first kappa shape index (κ1) is 13.0. The molecule has 0 fully saturated rings. The standard InChI is InChI=1S/C15H15N3OS/c1-10(2)18-9-11(8-16-18)7-13(19)15-17-12-5-3-4-6-14(12)20-15/h3-6,8-10H,7H2,1-2H3. The number of ketones is 1. The van der Waals surface area contributed by atoms with Gasteiger partial charge in [-0.1, -0.05) is 12.1 Å². The number of para-hydroxylation sites is 1. The van der Waals surface area contributed by atoms with E-state index in [0.29, 0.717) is 17.5 Å². The van der Waals surface area contributed by atoms with Gasteiger partial charge in [-0.25, -0.2) is 4.98 Å². The van der Waals surface area contributed by atoms with E-state index in [-0.39, 0.29) is 5.78 Å². The van der Waals surface area contributed by atoms with E-state index in [1.54, 1.807) is 6.20 Å². The fourth-order valence-corrected chi connectivity index (χ4v) is 2.91. The molecule has 0 aliphatic rings. The van der Waals surface area contributed by atoms with Gasteiger partial charge in [-0.2, -0.15) is 5.10 Å². The van der Waals surface area contributed by atoms with Gasteiger partial charge in [0.1, 0.15) is 0 Å². The molecule has 0 aliphatic heterocycles. The predicted molar refractivity (Wildman–Crippen MR) is 80.3 cm³/mol. The Morgan fingerprint density at radius 3 is 2.85 bits per heavy atom. The summed E-state index contributed by atoms with van der Waals surface area (Å²) in [5, 5.41) is 4.83.